The Hall–Kier alpha value is -3.21. The molecule has 15 nitrogen and oxygen atoms in total. The molecule has 210 valence electrons. The zero-order valence-corrected chi connectivity index (χ0v) is 27.3. The molecule has 3 aromatic rings. The van der Waals surface area contributed by atoms with E-state index in [0.717, 1.165) is 0 Å². The topological polar surface area (TPSA) is 233 Å². The number of carbonyl (C=O) groups is 4. The van der Waals surface area contributed by atoms with Gasteiger partial charge in [0.2, 0.25) is 11.8 Å². The summed E-state index contributed by atoms with van der Waals surface area (Å²) in [6.45, 7) is 0.218. The summed E-state index contributed by atoms with van der Waals surface area (Å²) in [5.41, 5.74) is 2.11. The molecule has 0 fully saturated rings. The number of aromatic amines is 2. The van der Waals surface area contributed by atoms with Gasteiger partial charge in [0.1, 0.15) is 0 Å². The van der Waals surface area contributed by atoms with Crippen LogP contribution in [0.2, 0.25) is 0 Å². The van der Waals surface area contributed by atoms with Gasteiger partial charge in [-0.05, 0) is 12.1 Å². The van der Waals surface area contributed by atoms with Crippen molar-refractivity contribution in [3.63, 3.8) is 0 Å². The summed E-state index contributed by atoms with van der Waals surface area (Å²) >= 11 is 0. The van der Waals surface area contributed by atoms with Crippen LogP contribution in [-0.2, 0) is 32.0 Å². The standard InChI is InChI=1S/C25H29N9O6.2Na/c35-22(33-20(24(37)38)8-18-12-28-14-30-18)4-6-26-10-16-2-1-3-17(32-16)11-27-7-5-23(36)34-21(25(39)40)9-19-13-29-15-31-19;;/h1-3,10-15,20-21H,4-9H2,(H,28,30)(H,29,31)(H,33,35)(H,34,36)(H,37,38)(H,39,40);;/q;2*+1/p-2/t20-,21-;;/m0../s1. The van der Waals surface area contributed by atoms with Crippen LogP contribution in [0.4, 0.5) is 0 Å². The molecule has 0 aliphatic carbocycles. The Morgan fingerprint density at radius 1 is 0.786 bits per heavy atom. The third-order valence-electron chi connectivity index (χ3n) is 5.37. The van der Waals surface area contributed by atoms with Crippen molar-refractivity contribution in [1.82, 2.24) is 35.6 Å². The fourth-order valence-electron chi connectivity index (χ4n) is 3.41. The minimum Gasteiger partial charge on any atom is -0.548 e. The van der Waals surface area contributed by atoms with Gasteiger partial charge in [0.15, 0.2) is 0 Å². The molecule has 0 bridgehead atoms. The van der Waals surface area contributed by atoms with Crippen LogP contribution in [0, 0.1) is 0 Å². The van der Waals surface area contributed by atoms with Crippen molar-refractivity contribution in [2.45, 2.75) is 37.8 Å². The van der Waals surface area contributed by atoms with Gasteiger partial charge in [-0.1, -0.05) is 6.07 Å². The average Bonchev–Trinajstić information content (AvgIpc) is 3.63. The molecular weight excluding hydrogens is 568 g/mol. The van der Waals surface area contributed by atoms with Gasteiger partial charge < -0.3 is 40.4 Å². The number of hydrogen-bond donors (Lipinski definition) is 4. The predicted octanol–water partition coefficient (Wildman–Crippen LogP) is -8.89. The Bertz CT molecular complexity index is 1240. The van der Waals surface area contributed by atoms with E-state index in [2.05, 4.69) is 45.5 Å². The number of carboxylic acids is 2. The van der Waals surface area contributed by atoms with Gasteiger partial charge in [0, 0.05) is 75.0 Å². The number of carbonyl (C=O) groups excluding carboxylic acids is 4. The van der Waals surface area contributed by atoms with Crippen molar-refractivity contribution in [2.75, 3.05) is 13.1 Å². The zero-order valence-electron chi connectivity index (χ0n) is 23.3. The molecule has 3 rings (SSSR count). The first-order valence-corrected chi connectivity index (χ1v) is 12.2. The van der Waals surface area contributed by atoms with E-state index in [1.54, 1.807) is 18.2 Å². The first-order valence-electron chi connectivity index (χ1n) is 12.2. The first kappa shape index (κ1) is 36.8. The number of nitrogens with zero attached hydrogens (tertiary/aromatic N) is 5. The number of amides is 2. The molecule has 0 aliphatic heterocycles. The van der Waals surface area contributed by atoms with Crippen molar-refractivity contribution in [3.05, 3.63) is 66.0 Å². The van der Waals surface area contributed by atoms with Crippen molar-refractivity contribution in [2.24, 2.45) is 9.98 Å². The molecule has 17 heteroatoms. The smallest absolute Gasteiger partial charge is 0.548 e. The van der Waals surface area contributed by atoms with E-state index in [0.29, 0.717) is 22.8 Å². The van der Waals surface area contributed by atoms with E-state index >= 15 is 0 Å². The Balaban J connectivity index is 0.00000441. The molecule has 0 radical (unpaired) electrons. The number of aliphatic carboxylic acids is 2. The van der Waals surface area contributed by atoms with Gasteiger partial charge in [0.25, 0.3) is 0 Å². The summed E-state index contributed by atoms with van der Waals surface area (Å²) in [5, 5.41) is 27.4. The Kier molecular flexibility index (Phi) is 17.4. The normalized spacial score (nSPS) is 12.2. The van der Waals surface area contributed by atoms with E-state index in [1.807, 2.05) is 0 Å². The summed E-state index contributed by atoms with van der Waals surface area (Å²) in [6, 6.07) is 2.74. The van der Waals surface area contributed by atoms with E-state index in [-0.39, 0.29) is 97.9 Å². The minimum atomic E-state index is -1.40. The Morgan fingerprint density at radius 2 is 1.21 bits per heavy atom. The molecule has 3 aromatic heterocycles. The van der Waals surface area contributed by atoms with Crippen LogP contribution in [0.1, 0.15) is 35.6 Å². The van der Waals surface area contributed by atoms with Gasteiger partial charge in [-0.25, -0.2) is 15.0 Å². The summed E-state index contributed by atoms with van der Waals surface area (Å²) < 4.78 is 0. The predicted molar refractivity (Wildman–Crippen MR) is 137 cm³/mol. The Labute approximate surface area is 285 Å². The van der Waals surface area contributed by atoms with Crippen molar-refractivity contribution in [3.8, 4) is 0 Å². The number of imidazole rings is 2. The number of aliphatic imine (C=N–C) groups is 2. The van der Waals surface area contributed by atoms with Crippen LogP contribution in [0.25, 0.3) is 0 Å². The van der Waals surface area contributed by atoms with E-state index in [4.69, 9.17) is 0 Å². The Morgan fingerprint density at radius 3 is 1.57 bits per heavy atom. The summed E-state index contributed by atoms with van der Waals surface area (Å²) in [5.74, 6) is -3.78. The molecule has 0 saturated carbocycles. The minimum absolute atomic E-state index is 0. The van der Waals surface area contributed by atoms with E-state index in [1.165, 1.54) is 37.5 Å². The molecule has 4 N–H and O–H groups in total. The summed E-state index contributed by atoms with van der Waals surface area (Å²) in [7, 11) is 0. The number of hydrogen-bond acceptors (Lipinski definition) is 11. The molecule has 42 heavy (non-hydrogen) atoms. The quantitative estimate of drug-likeness (QED) is 0.0908. The third-order valence-corrected chi connectivity index (χ3v) is 5.37. The maximum atomic E-state index is 12.1. The number of aromatic nitrogens is 5. The van der Waals surface area contributed by atoms with Crippen LogP contribution in [-0.4, -0.2) is 86.3 Å². The third kappa shape index (κ3) is 13.6. The van der Waals surface area contributed by atoms with Crippen LogP contribution in [0.3, 0.4) is 0 Å². The molecule has 0 spiro atoms. The molecule has 3 heterocycles. The van der Waals surface area contributed by atoms with Crippen LogP contribution in [0.5, 0.6) is 0 Å². The number of rotatable bonds is 16. The number of H-pyrrole nitrogens is 2. The summed E-state index contributed by atoms with van der Waals surface area (Å²) in [4.78, 5) is 72.6. The molecule has 2 atom stereocenters. The number of pyridine rings is 1. The monoisotopic (exact) mass is 595 g/mol. The molecule has 2 amide bonds. The van der Waals surface area contributed by atoms with Crippen molar-refractivity contribution < 1.29 is 88.5 Å². The maximum Gasteiger partial charge on any atom is 1.00 e. The van der Waals surface area contributed by atoms with Gasteiger partial charge >= 0.3 is 59.1 Å². The second-order valence-electron chi connectivity index (χ2n) is 8.50. The van der Waals surface area contributed by atoms with Crippen LogP contribution >= 0.6 is 0 Å². The molecular formula is C25H27N9Na2O6. The van der Waals surface area contributed by atoms with Gasteiger partial charge in [-0.3, -0.25) is 19.6 Å². The van der Waals surface area contributed by atoms with E-state index in [9.17, 15) is 29.4 Å². The second kappa shape index (κ2) is 19.8. The fourth-order valence-corrected chi connectivity index (χ4v) is 3.41. The number of carboxylic acid groups (broad SMARTS) is 2. The second-order valence-corrected chi connectivity index (χ2v) is 8.50. The largest absolute Gasteiger partial charge is 1.00 e. The first-order chi connectivity index (χ1) is 19.3. The molecule has 0 unspecified atom stereocenters. The summed E-state index contributed by atoms with van der Waals surface area (Å²) in [6.07, 6.45) is 8.67. The van der Waals surface area contributed by atoms with Crippen LogP contribution in [0.15, 0.2) is 53.2 Å². The van der Waals surface area contributed by atoms with Gasteiger partial charge in [-0.2, -0.15) is 0 Å². The zero-order chi connectivity index (χ0) is 28.7. The molecule has 0 saturated heterocycles. The van der Waals surface area contributed by atoms with Crippen LogP contribution < -0.4 is 80.0 Å². The molecule has 0 aliphatic rings. The van der Waals surface area contributed by atoms with Gasteiger partial charge in [-0.15, -0.1) is 0 Å². The van der Waals surface area contributed by atoms with Gasteiger partial charge in [0.05, 0.1) is 48.1 Å². The fraction of sp³-hybridized carbons (Fsp3) is 0.320. The van der Waals surface area contributed by atoms with E-state index < -0.39 is 35.8 Å². The van der Waals surface area contributed by atoms with Crippen molar-refractivity contribution >= 4 is 36.2 Å². The van der Waals surface area contributed by atoms with Crippen molar-refractivity contribution in [1.29, 1.82) is 0 Å². The number of nitrogens with one attached hydrogen (secondary N) is 4. The SMILES string of the molecule is O=C(CCN=Cc1cccc(C=NCCC(=O)N[C@@H](Cc2cnc[nH]2)C(=O)[O-])n1)N[C@@H](Cc1cnc[nH]1)C(=O)[O-].[Na+].[Na+]. The maximum absolute atomic E-state index is 12.1. The molecule has 0 aromatic carbocycles. The average molecular weight is 596 g/mol.